The molecule has 1 atom stereocenters. The molecule has 2 rings (SSSR count). The topological polar surface area (TPSA) is 38.5 Å². The summed E-state index contributed by atoms with van der Waals surface area (Å²) in [5.74, 6) is 0. The summed E-state index contributed by atoms with van der Waals surface area (Å²) in [6.07, 6.45) is 1.13. The van der Waals surface area contributed by atoms with E-state index in [4.69, 9.17) is 10.5 Å². The van der Waals surface area contributed by atoms with Crippen LogP contribution in [0.15, 0.2) is 22.7 Å². The number of hydrogen-bond acceptors (Lipinski definition) is 3. The molecule has 0 saturated carbocycles. The van der Waals surface area contributed by atoms with Gasteiger partial charge in [-0.25, -0.2) is 0 Å². The first kappa shape index (κ1) is 12.9. The first-order valence-electron chi connectivity index (χ1n) is 6.06. The highest BCUT2D eigenvalue weighted by atomic mass is 79.9. The van der Waals surface area contributed by atoms with Gasteiger partial charge >= 0.3 is 0 Å². The van der Waals surface area contributed by atoms with Crippen LogP contribution in [0.1, 0.15) is 18.9 Å². The molecule has 0 amide bonds. The quantitative estimate of drug-likeness (QED) is 0.872. The third kappa shape index (κ3) is 3.21. The predicted octanol–water partition coefficient (Wildman–Crippen LogP) is 2.64. The van der Waals surface area contributed by atoms with Crippen LogP contribution < -0.4 is 5.73 Å². The fourth-order valence-electron chi connectivity index (χ4n) is 2.20. The molecular weight excluding hydrogens is 280 g/mol. The highest BCUT2D eigenvalue weighted by molar-refractivity contribution is 9.10. The number of rotatable bonds is 3. The summed E-state index contributed by atoms with van der Waals surface area (Å²) in [7, 11) is 0. The number of halogens is 1. The van der Waals surface area contributed by atoms with E-state index in [0.717, 1.165) is 42.9 Å². The van der Waals surface area contributed by atoms with Crippen molar-refractivity contribution in [1.82, 2.24) is 4.90 Å². The normalized spacial score (nSPS) is 21.6. The molecule has 1 aromatic carbocycles. The molecule has 1 aliphatic heterocycles. The maximum Gasteiger partial charge on any atom is 0.0622 e. The van der Waals surface area contributed by atoms with Gasteiger partial charge in [-0.15, -0.1) is 0 Å². The monoisotopic (exact) mass is 298 g/mol. The SMILES string of the molecule is CCC1COCCN1Cc1ccc(Br)c(N)c1. The summed E-state index contributed by atoms with van der Waals surface area (Å²) < 4.78 is 6.48. The Labute approximate surface area is 111 Å². The number of nitrogens with zero attached hydrogens (tertiary/aromatic N) is 1. The summed E-state index contributed by atoms with van der Waals surface area (Å²) in [4.78, 5) is 2.48. The van der Waals surface area contributed by atoms with Crippen LogP contribution in [-0.4, -0.2) is 30.7 Å². The van der Waals surface area contributed by atoms with Crippen LogP contribution >= 0.6 is 15.9 Å². The largest absolute Gasteiger partial charge is 0.398 e. The van der Waals surface area contributed by atoms with Crippen molar-refractivity contribution in [2.75, 3.05) is 25.5 Å². The molecule has 1 fully saturated rings. The van der Waals surface area contributed by atoms with E-state index in [2.05, 4.69) is 33.8 Å². The summed E-state index contributed by atoms with van der Waals surface area (Å²) in [5, 5.41) is 0. The van der Waals surface area contributed by atoms with E-state index in [1.165, 1.54) is 5.56 Å². The van der Waals surface area contributed by atoms with E-state index < -0.39 is 0 Å². The number of anilines is 1. The van der Waals surface area contributed by atoms with Crippen LogP contribution in [0.2, 0.25) is 0 Å². The highest BCUT2D eigenvalue weighted by Gasteiger charge is 2.21. The molecule has 1 heterocycles. The fourth-order valence-corrected chi connectivity index (χ4v) is 2.45. The zero-order chi connectivity index (χ0) is 12.3. The molecule has 2 N–H and O–H groups in total. The third-order valence-corrected chi connectivity index (χ3v) is 3.99. The standard InChI is InChI=1S/C13H19BrN2O/c1-2-11-9-17-6-5-16(11)8-10-3-4-12(14)13(15)7-10/h3-4,7,11H,2,5-6,8-9,15H2,1H3. The van der Waals surface area contributed by atoms with Gasteiger partial charge in [-0.3, -0.25) is 4.90 Å². The average Bonchev–Trinajstić information content (AvgIpc) is 2.34. The minimum atomic E-state index is 0.536. The molecule has 1 aromatic rings. The second-order valence-electron chi connectivity index (χ2n) is 4.46. The lowest BCUT2D eigenvalue weighted by molar-refractivity contribution is -0.0127. The molecule has 94 valence electrons. The Morgan fingerprint density at radius 2 is 2.35 bits per heavy atom. The van der Waals surface area contributed by atoms with Crippen molar-refractivity contribution in [2.24, 2.45) is 0 Å². The van der Waals surface area contributed by atoms with Crippen LogP contribution in [0, 0.1) is 0 Å². The first-order valence-corrected chi connectivity index (χ1v) is 6.85. The molecule has 1 saturated heterocycles. The Bertz CT molecular complexity index is 384. The van der Waals surface area contributed by atoms with Crippen LogP contribution in [-0.2, 0) is 11.3 Å². The van der Waals surface area contributed by atoms with Gasteiger partial charge in [-0.2, -0.15) is 0 Å². The van der Waals surface area contributed by atoms with Crippen molar-refractivity contribution >= 4 is 21.6 Å². The lowest BCUT2D eigenvalue weighted by atomic mass is 10.1. The van der Waals surface area contributed by atoms with E-state index in [1.54, 1.807) is 0 Å². The van der Waals surface area contributed by atoms with Crippen molar-refractivity contribution in [2.45, 2.75) is 25.9 Å². The van der Waals surface area contributed by atoms with Gasteiger partial charge in [-0.1, -0.05) is 13.0 Å². The minimum absolute atomic E-state index is 0.536. The van der Waals surface area contributed by atoms with Crippen LogP contribution in [0.3, 0.4) is 0 Å². The Balaban J connectivity index is 2.05. The van der Waals surface area contributed by atoms with Gasteiger partial charge in [0.15, 0.2) is 0 Å². The van der Waals surface area contributed by atoms with Gasteiger partial charge in [0, 0.05) is 29.3 Å². The second kappa shape index (κ2) is 5.85. The highest BCUT2D eigenvalue weighted by Crippen LogP contribution is 2.22. The fraction of sp³-hybridized carbons (Fsp3) is 0.538. The lowest BCUT2D eigenvalue weighted by Crippen LogP contribution is -2.44. The van der Waals surface area contributed by atoms with Gasteiger partial charge in [0.05, 0.1) is 13.2 Å². The lowest BCUT2D eigenvalue weighted by Gasteiger charge is -2.35. The number of hydrogen-bond donors (Lipinski definition) is 1. The summed E-state index contributed by atoms with van der Waals surface area (Å²) in [5.41, 5.74) is 7.98. The molecule has 0 radical (unpaired) electrons. The van der Waals surface area contributed by atoms with E-state index >= 15 is 0 Å². The van der Waals surface area contributed by atoms with Gasteiger partial charge in [0.1, 0.15) is 0 Å². The maximum atomic E-state index is 5.90. The first-order chi connectivity index (χ1) is 8.20. The number of ether oxygens (including phenoxy) is 1. The third-order valence-electron chi connectivity index (χ3n) is 3.27. The molecule has 3 nitrogen and oxygen atoms in total. The van der Waals surface area contributed by atoms with Gasteiger partial charge in [0.2, 0.25) is 0 Å². The van der Waals surface area contributed by atoms with E-state index in [-0.39, 0.29) is 0 Å². The van der Waals surface area contributed by atoms with Gasteiger partial charge in [-0.05, 0) is 40.0 Å². The zero-order valence-electron chi connectivity index (χ0n) is 10.2. The van der Waals surface area contributed by atoms with E-state index in [9.17, 15) is 0 Å². The Hall–Kier alpha value is -0.580. The Kier molecular flexibility index (Phi) is 4.42. The molecule has 1 unspecified atom stereocenters. The molecule has 17 heavy (non-hydrogen) atoms. The average molecular weight is 299 g/mol. The summed E-state index contributed by atoms with van der Waals surface area (Å²) >= 11 is 3.42. The van der Waals surface area contributed by atoms with Crippen molar-refractivity contribution in [3.05, 3.63) is 28.2 Å². The molecule has 1 aliphatic rings. The van der Waals surface area contributed by atoms with Crippen LogP contribution in [0.4, 0.5) is 5.69 Å². The zero-order valence-corrected chi connectivity index (χ0v) is 11.7. The molecule has 0 aromatic heterocycles. The van der Waals surface area contributed by atoms with E-state index in [1.807, 2.05) is 12.1 Å². The predicted molar refractivity (Wildman–Crippen MR) is 73.9 cm³/mol. The number of nitrogen functional groups attached to an aromatic ring is 1. The molecular formula is C13H19BrN2O. The van der Waals surface area contributed by atoms with Crippen LogP contribution in [0.5, 0.6) is 0 Å². The molecule has 0 aliphatic carbocycles. The summed E-state index contributed by atoms with van der Waals surface area (Å²) in [6.45, 7) is 5.86. The van der Waals surface area contributed by atoms with E-state index in [0.29, 0.717) is 6.04 Å². The number of nitrogens with two attached hydrogens (primary N) is 1. The molecule has 4 heteroatoms. The van der Waals surface area contributed by atoms with Gasteiger partial charge in [0.25, 0.3) is 0 Å². The van der Waals surface area contributed by atoms with Crippen molar-refractivity contribution in [1.29, 1.82) is 0 Å². The summed E-state index contributed by atoms with van der Waals surface area (Å²) in [6, 6.07) is 6.73. The Morgan fingerprint density at radius 1 is 1.53 bits per heavy atom. The number of morpholine rings is 1. The second-order valence-corrected chi connectivity index (χ2v) is 5.32. The number of benzene rings is 1. The van der Waals surface area contributed by atoms with Crippen molar-refractivity contribution in [3.8, 4) is 0 Å². The van der Waals surface area contributed by atoms with Gasteiger partial charge < -0.3 is 10.5 Å². The maximum absolute atomic E-state index is 5.90. The van der Waals surface area contributed by atoms with Crippen molar-refractivity contribution < 1.29 is 4.74 Å². The minimum Gasteiger partial charge on any atom is -0.398 e. The Morgan fingerprint density at radius 3 is 3.06 bits per heavy atom. The van der Waals surface area contributed by atoms with Crippen LogP contribution in [0.25, 0.3) is 0 Å². The molecule has 0 bridgehead atoms. The van der Waals surface area contributed by atoms with Crippen molar-refractivity contribution in [3.63, 3.8) is 0 Å². The smallest absolute Gasteiger partial charge is 0.0622 e. The molecule has 0 spiro atoms.